The first-order chi connectivity index (χ1) is 10.3. The Bertz CT molecular complexity index is 430. The summed E-state index contributed by atoms with van der Waals surface area (Å²) in [4.78, 5) is 0. The van der Waals surface area contributed by atoms with Crippen LogP contribution in [-0.4, -0.2) is 11.7 Å². The van der Waals surface area contributed by atoms with E-state index in [0.717, 1.165) is 12.8 Å². The third-order valence-corrected chi connectivity index (χ3v) is 4.61. The van der Waals surface area contributed by atoms with Crippen LogP contribution in [0.25, 0.3) is 5.57 Å². The lowest BCUT2D eigenvalue weighted by atomic mass is 9.99. The van der Waals surface area contributed by atoms with Crippen LogP contribution in [0.15, 0.2) is 30.3 Å². The van der Waals surface area contributed by atoms with Gasteiger partial charge in [-0.3, -0.25) is 0 Å². The fourth-order valence-corrected chi connectivity index (χ4v) is 3.16. The van der Waals surface area contributed by atoms with Gasteiger partial charge in [-0.15, -0.1) is 0 Å². The smallest absolute Gasteiger partial charge is 0.0465 e. The van der Waals surface area contributed by atoms with Gasteiger partial charge in [0.1, 0.15) is 0 Å². The molecule has 1 aromatic rings. The van der Waals surface area contributed by atoms with Crippen LogP contribution in [0, 0.1) is 5.92 Å². The van der Waals surface area contributed by atoms with Crippen molar-refractivity contribution in [2.45, 2.75) is 64.7 Å². The fraction of sp³-hybridized carbons (Fsp3) is 0.600. The Hall–Kier alpha value is -1.08. The molecule has 0 heterocycles. The highest BCUT2D eigenvalue weighted by molar-refractivity contribution is 5.67. The highest BCUT2D eigenvalue weighted by Gasteiger charge is 2.16. The minimum atomic E-state index is 0.316. The second-order valence-electron chi connectivity index (χ2n) is 6.43. The minimum absolute atomic E-state index is 0.316. The Morgan fingerprint density at radius 3 is 2.38 bits per heavy atom. The van der Waals surface area contributed by atoms with Crippen LogP contribution in [0.5, 0.6) is 0 Å². The molecular formula is C20H30O. The molecule has 1 N–H and O–H groups in total. The zero-order valence-corrected chi connectivity index (χ0v) is 13.5. The number of unbranched alkanes of at least 4 members (excludes halogenated alkanes) is 5. The summed E-state index contributed by atoms with van der Waals surface area (Å²) in [6.45, 7) is 2.58. The van der Waals surface area contributed by atoms with Crippen LogP contribution in [-0.2, 0) is 6.42 Å². The number of rotatable bonds is 9. The van der Waals surface area contributed by atoms with Crippen molar-refractivity contribution < 1.29 is 5.11 Å². The number of hydrogen-bond donors (Lipinski definition) is 1. The highest BCUT2D eigenvalue weighted by Crippen LogP contribution is 2.32. The Balaban J connectivity index is 1.72. The number of hydrogen-bond acceptors (Lipinski definition) is 1. The maximum atomic E-state index is 9.22. The predicted molar refractivity (Wildman–Crippen MR) is 91.3 cm³/mol. The number of allylic oxidation sites excluding steroid dienone is 2. The van der Waals surface area contributed by atoms with Crippen molar-refractivity contribution >= 4 is 5.57 Å². The molecule has 0 aromatic heterocycles. The molecule has 0 saturated heterocycles. The molecule has 1 aliphatic rings. The van der Waals surface area contributed by atoms with Crippen LogP contribution in [0.2, 0.25) is 0 Å². The molecule has 0 fully saturated rings. The normalized spacial score (nSPS) is 18.0. The molecule has 2 rings (SSSR count). The zero-order valence-electron chi connectivity index (χ0n) is 13.5. The molecule has 0 radical (unpaired) electrons. The van der Waals surface area contributed by atoms with Crippen LogP contribution in [0.1, 0.15) is 69.4 Å². The maximum absolute atomic E-state index is 9.22. The van der Waals surface area contributed by atoms with Gasteiger partial charge in [-0.05, 0) is 48.3 Å². The highest BCUT2D eigenvalue weighted by atomic mass is 16.3. The van der Waals surface area contributed by atoms with E-state index < -0.39 is 0 Å². The Labute approximate surface area is 130 Å². The number of aliphatic hydroxyl groups is 1. The average molecular weight is 286 g/mol. The van der Waals surface area contributed by atoms with E-state index in [1.807, 2.05) is 0 Å². The topological polar surface area (TPSA) is 20.2 Å². The van der Waals surface area contributed by atoms with Crippen molar-refractivity contribution in [3.05, 3.63) is 41.5 Å². The molecule has 0 spiro atoms. The molecule has 1 nitrogen and oxygen atoms in total. The van der Waals surface area contributed by atoms with Crippen molar-refractivity contribution in [3.8, 4) is 0 Å². The van der Waals surface area contributed by atoms with Gasteiger partial charge in [-0.2, -0.15) is 0 Å². The molecule has 116 valence electrons. The summed E-state index contributed by atoms with van der Waals surface area (Å²) in [5.41, 5.74) is 4.23. The lowest BCUT2D eigenvalue weighted by Gasteiger charge is -2.08. The van der Waals surface area contributed by atoms with E-state index >= 15 is 0 Å². The molecule has 1 aromatic carbocycles. The lowest BCUT2D eigenvalue weighted by Crippen LogP contribution is -1.99. The van der Waals surface area contributed by atoms with Gasteiger partial charge in [-0.1, -0.05) is 69.4 Å². The van der Waals surface area contributed by atoms with Crippen molar-refractivity contribution in [1.29, 1.82) is 0 Å². The van der Waals surface area contributed by atoms with Crippen LogP contribution in [0.3, 0.4) is 0 Å². The van der Waals surface area contributed by atoms with E-state index in [0.29, 0.717) is 12.5 Å². The monoisotopic (exact) mass is 286 g/mol. The number of benzene rings is 1. The van der Waals surface area contributed by atoms with Crippen molar-refractivity contribution in [2.75, 3.05) is 6.61 Å². The molecule has 0 bridgehead atoms. The number of aryl methyl sites for hydroxylation is 1. The Kier molecular flexibility index (Phi) is 7.02. The largest absolute Gasteiger partial charge is 0.396 e. The standard InChI is InChI=1S/C20H30O/c1-2-3-4-5-6-7-8-17-9-12-19(13-10-17)20-14-11-18(15-20)16-21/h9-10,12-14,18,21H,2-8,11,15-16H2,1H3/t18-/m0/s1. The van der Waals surface area contributed by atoms with Crippen LogP contribution in [0.4, 0.5) is 0 Å². The first-order valence-electron chi connectivity index (χ1n) is 8.72. The van der Waals surface area contributed by atoms with Crippen molar-refractivity contribution in [1.82, 2.24) is 0 Å². The van der Waals surface area contributed by atoms with Crippen LogP contribution >= 0.6 is 0 Å². The van der Waals surface area contributed by atoms with E-state index in [4.69, 9.17) is 0 Å². The molecule has 0 aliphatic heterocycles. The van der Waals surface area contributed by atoms with Crippen molar-refractivity contribution in [2.24, 2.45) is 5.92 Å². The molecule has 1 atom stereocenters. The van der Waals surface area contributed by atoms with E-state index in [1.54, 1.807) is 0 Å². The average Bonchev–Trinajstić information content (AvgIpc) is 3.00. The Morgan fingerprint density at radius 1 is 1.00 bits per heavy atom. The Morgan fingerprint density at radius 2 is 1.71 bits per heavy atom. The van der Waals surface area contributed by atoms with E-state index in [2.05, 4.69) is 37.3 Å². The quantitative estimate of drug-likeness (QED) is 0.605. The second-order valence-corrected chi connectivity index (χ2v) is 6.43. The van der Waals surface area contributed by atoms with Gasteiger partial charge in [0.2, 0.25) is 0 Å². The summed E-state index contributed by atoms with van der Waals surface area (Å²) in [5.74, 6) is 0.447. The van der Waals surface area contributed by atoms with Gasteiger partial charge >= 0.3 is 0 Å². The predicted octanol–water partition coefficient (Wildman–Crippen LogP) is 5.38. The third-order valence-electron chi connectivity index (χ3n) is 4.61. The summed E-state index contributed by atoms with van der Waals surface area (Å²) in [6.07, 6.45) is 13.8. The van der Waals surface area contributed by atoms with Crippen molar-refractivity contribution in [3.63, 3.8) is 0 Å². The molecule has 0 saturated carbocycles. The van der Waals surface area contributed by atoms with Gasteiger partial charge < -0.3 is 5.11 Å². The fourth-order valence-electron chi connectivity index (χ4n) is 3.16. The lowest BCUT2D eigenvalue weighted by molar-refractivity contribution is 0.234. The van der Waals surface area contributed by atoms with E-state index in [1.165, 1.54) is 61.6 Å². The van der Waals surface area contributed by atoms with Gasteiger partial charge in [-0.25, -0.2) is 0 Å². The van der Waals surface area contributed by atoms with Gasteiger partial charge in [0.25, 0.3) is 0 Å². The molecule has 0 unspecified atom stereocenters. The van der Waals surface area contributed by atoms with Crippen LogP contribution < -0.4 is 0 Å². The van der Waals surface area contributed by atoms with Gasteiger partial charge in [0.15, 0.2) is 0 Å². The molecule has 1 heteroatoms. The zero-order chi connectivity index (χ0) is 14.9. The van der Waals surface area contributed by atoms with E-state index in [-0.39, 0.29) is 0 Å². The van der Waals surface area contributed by atoms with Gasteiger partial charge in [0, 0.05) is 6.61 Å². The summed E-state index contributed by atoms with van der Waals surface area (Å²) in [6, 6.07) is 9.10. The molecule has 1 aliphatic carbocycles. The summed E-state index contributed by atoms with van der Waals surface area (Å²) >= 11 is 0. The van der Waals surface area contributed by atoms with Gasteiger partial charge in [0.05, 0.1) is 0 Å². The maximum Gasteiger partial charge on any atom is 0.0465 e. The first-order valence-corrected chi connectivity index (χ1v) is 8.72. The minimum Gasteiger partial charge on any atom is -0.396 e. The molecule has 0 amide bonds. The summed E-state index contributed by atoms with van der Waals surface area (Å²) in [7, 11) is 0. The summed E-state index contributed by atoms with van der Waals surface area (Å²) in [5, 5.41) is 9.22. The van der Waals surface area contributed by atoms with E-state index in [9.17, 15) is 5.11 Å². The SMILES string of the molecule is CCCCCCCCc1ccc(C2=CC[C@H](CO)C2)cc1. The third kappa shape index (κ3) is 5.32. The second kappa shape index (κ2) is 9.04. The molecular weight excluding hydrogens is 256 g/mol. The summed E-state index contributed by atoms with van der Waals surface area (Å²) < 4.78 is 0. The first kappa shape index (κ1) is 16.3. The molecule has 21 heavy (non-hydrogen) atoms. The number of aliphatic hydroxyl groups excluding tert-OH is 1.